The summed E-state index contributed by atoms with van der Waals surface area (Å²) in [5.41, 5.74) is -0.384. The van der Waals surface area contributed by atoms with E-state index in [1.165, 1.54) is 6.07 Å². The van der Waals surface area contributed by atoms with Crippen LogP contribution in [-0.4, -0.2) is 27.1 Å². The molecule has 0 spiro atoms. The van der Waals surface area contributed by atoms with Gasteiger partial charge in [0.25, 0.3) is 5.69 Å². The molecular weight excluding hydrogens is 216 g/mol. The topological polar surface area (TPSA) is 103 Å². The second kappa shape index (κ2) is 3.76. The first-order chi connectivity index (χ1) is 7.56. The molecule has 7 heteroatoms. The third-order valence-corrected chi connectivity index (χ3v) is 2.02. The molecule has 84 valence electrons. The Morgan fingerprint density at radius 1 is 1.56 bits per heavy atom. The van der Waals surface area contributed by atoms with Gasteiger partial charge in [-0.2, -0.15) is 0 Å². The minimum absolute atomic E-state index is 0.0450. The lowest BCUT2D eigenvalue weighted by molar-refractivity contribution is -0.389. The van der Waals surface area contributed by atoms with Crippen LogP contribution < -0.4 is 4.74 Å². The van der Waals surface area contributed by atoms with E-state index in [0.29, 0.717) is 0 Å². The summed E-state index contributed by atoms with van der Waals surface area (Å²) in [5, 5.41) is 19.2. The van der Waals surface area contributed by atoms with Gasteiger partial charge < -0.3 is 20.0 Å². The number of rotatable bonds is 4. The van der Waals surface area contributed by atoms with Crippen molar-refractivity contribution >= 4 is 11.8 Å². The summed E-state index contributed by atoms with van der Waals surface area (Å²) in [7, 11) is 0. The molecule has 7 nitrogen and oxygen atoms in total. The molecule has 1 saturated carbocycles. The minimum atomic E-state index is -1.32. The maximum absolute atomic E-state index is 10.7. The number of ether oxygens (including phenoxy) is 1. The highest BCUT2D eigenvalue weighted by Gasteiger charge is 2.26. The number of carboxylic acid groups (broad SMARTS) is 1. The number of hydrogen-bond donors (Lipinski definition) is 1. The van der Waals surface area contributed by atoms with Gasteiger partial charge >= 0.3 is 11.8 Å². The highest BCUT2D eigenvalue weighted by atomic mass is 16.6. The van der Waals surface area contributed by atoms with Crippen LogP contribution in [0.15, 0.2) is 12.1 Å². The van der Waals surface area contributed by atoms with Crippen LogP contribution >= 0.6 is 0 Å². The van der Waals surface area contributed by atoms with Crippen LogP contribution in [0.2, 0.25) is 0 Å². The fraction of sp³-hybridized carbons (Fsp3) is 0.333. The summed E-state index contributed by atoms with van der Waals surface area (Å²) in [6.07, 6.45) is 1.82. The zero-order chi connectivity index (χ0) is 11.7. The zero-order valence-corrected chi connectivity index (χ0v) is 8.12. The maximum Gasteiger partial charge on any atom is 0.380 e. The van der Waals surface area contributed by atoms with Gasteiger partial charge in [0, 0.05) is 6.07 Å². The Balaban J connectivity index is 2.35. The Morgan fingerprint density at radius 2 is 2.25 bits per heavy atom. The van der Waals surface area contributed by atoms with Gasteiger partial charge in [-0.15, -0.1) is 0 Å². The second-order valence-electron chi connectivity index (χ2n) is 3.43. The van der Waals surface area contributed by atoms with Crippen molar-refractivity contribution in [1.82, 2.24) is 4.98 Å². The van der Waals surface area contributed by atoms with Crippen LogP contribution in [0.25, 0.3) is 0 Å². The summed E-state index contributed by atoms with van der Waals surface area (Å²) >= 11 is 0. The van der Waals surface area contributed by atoms with Crippen LogP contribution in [0.1, 0.15) is 23.3 Å². The molecule has 0 aromatic carbocycles. The van der Waals surface area contributed by atoms with E-state index in [0.717, 1.165) is 18.9 Å². The predicted molar refractivity (Wildman–Crippen MR) is 51.5 cm³/mol. The van der Waals surface area contributed by atoms with Gasteiger partial charge in [-0.25, -0.2) is 4.79 Å². The average molecular weight is 224 g/mol. The van der Waals surface area contributed by atoms with Crippen molar-refractivity contribution in [1.29, 1.82) is 0 Å². The van der Waals surface area contributed by atoms with E-state index in [9.17, 15) is 14.9 Å². The normalized spacial score (nSPS) is 14.5. The molecule has 1 aliphatic rings. The number of hydrogen-bond acceptors (Lipinski definition) is 5. The van der Waals surface area contributed by atoms with Gasteiger partial charge in [0.05, 0.1) is 12.2 Å². The Bertz CT molecular complexity index is 423. The molecule has 0 radical (unpaired) electrons. The number of nitro groups is 1. The Hall–Kier alpha value is -2.18. The molecule has 16 heavy (non-hydrogen) atoms. The summed E-state index contributed by atoms with van der Waals surface area (Å²) in [6, 6.07) is 2.32. The molecule has 0 amide bonds. The molecule has 0 aliphatic heterocycles. The molecule has 1 aromatic heterocycles. The molecule has 0 saturated heterocycles. The number of aromatic nitrogens is 1. The predicted octanol–water partition coefficient (Wildman–Crippen LogP) is 1.23. The molecule has 0 bridgehead atoms. The SMILES string of the molecule is O=C(O)c1cc(OC2CC2)cc([N+](=O)[O-])n1. The third-order valence-electron chi connectivity index (χ3n) is 2.02. The van der Waals surface area contributed by atoms with Gasteiger partial charge in [0.15, 0.2) is 0 Å². The molecule has 0 atom stereocenters. The van der Waals surface area contributed by atoms with Crippen LogP contribution in [0.5, 0.6) is 5.75 Å². The summed E-state index contributed by atoms with van der Waals surface area (Å²) in [5.74, 6) is -1.65. The van der Waals surface area contributed by atoms with Gasteiger partial charge in [-0.1, -0.05) is 0 Å². The Kier molecular flexibility index (Phi) is 2.43. The van der Waals surface area contributed by atoms with Crippen molar-refractivity contribution in [3.63, 3.8) is 0 Å². The van der Waals surface area contributed by atoms with Crippen LogP contribution in [0.3, 0.4) is 0 Å². The largest absolute Gasteiger partial charge is 0.490 e. The summed E-state index contributed by atoms with van der Waals surface area (Å²) in [4.78, 5) is 23.9. The lowest BCUT2D eigenvalue weighted by Gasteiger charge is -2.03. The van der Waals surface area contributed by atoms with Crippen molar-refractivity contribution in [3.05, 3.63) is 27.9 Å². The number of carboxylic acids is 1. The Morgan fingerprint density at radius 3 is 2.75 bits per heavy atom. The van der Waals surface area contributed by atoms with E-state index in [1.807, 2.05) is 0 Å². The Labute approximate surface area is 89.8 Å². The van der Waals surface area contributed by atoms with Crippen LogP contribution in [0, 0.1) is 10.1 Å². The average Bonchev–Trinajstić information content (AvgIpc) is 3.01. The summed E-state index contributed by atoms with van der Waals surface area (Å²) < 4.78 is 5.30. The van der Waals surface area contributed by atoms with Gasteiger partial charge in [0.2, 0.25) is 0 Å². The van der Waals surface area contributed by atoms with Gasteiger partial charge in [-0.3, -0.25) is 0 Å². The van der Waals surface area contributed by atoms with Crippen LogP contribution in [-0.2, 0) is 0 Å². The van der Waals surface area contributed by atoms with Gasteiger partial charge in [0.1, 0.15) is 5.75 Å². The number of nitrogens with zero attached hydrogens (tertiary/aromatic N) is 2. The lowest BCUT2D eigenvalue weighted by atomic mass is 10.3. The minimum Gasteiger partial charge on any atom is -0.490 e. The van der Waals surface area contributed by atoms with E-state index >= 15 is 0 Å². The first kappa shape index (κ1) is 10.3. The van der Waals surface area contributed by atoms with Crippen molar-refractivity contribution in [2.75, 3.05) is 0 Å². The molecule has 1 heterocycles. The molecule has 0 unspecified atom stereocenters. The van der Waals surface area contributed by atoms with E-state index in [-0.39, 0.29) is 17.5 Å². The molecule has 1 N–H and O–H groups in total. The number of pyridine rings is 1. The molecular formula is C9H8N2O5. The third kappa shape index (κ3) is 2.25. The molecule has 2 rings (SSSR count). The molecule has 1 fully saturated rings. The van der Waals surface area contributed by atoms with Crippen molar-refractivity contribution < 1.29 is 19.6 Å². The van der Waals surface area contributed by atoms with E-state index in [1.54, 1.807) is 0 Å². The van der Waals surface area contributed by atoms with Crippen molar-refractivity contribution in [2.24, 2.45) is 0 Å². The van der Waals surface area contributed by atoms with Gasteiger partial charge in [-0.05, 0) is 22.7 Å². The van der Waals surface area contributed by atoms with E-state index in [2.05, 4.69) is 4.98 Å². The lowest BCUT2D eigenvalue weighted by Crippen LogP contribution is -2.05. The van der Waals surface area contributed by atoms with Crippen molar-refractivity contribution in [3.8, 4) is 5.75 Å². The number of carbonyl (C=O) groups is 1. The molecule has 1 aliphatic carbocycles. The monoisotopic (exact) mass is 224 g/mol. The molecule has 1 aromatic rings. The highest BCUT2D eigenvalue weighted by molar-refractivity contribution is 5.86. The van der Waals surface area contributed by atoms with E-state index in [4.69, 9.17) is 9.84 Å². The highest BCUT2D eigenvalue weighted by Crippen LogP contribution is 2.28. The second-order valence-corrected chi connectivity index (χ2v) is 3.43. The number of aromatic carboxylic acids is 1. The fourth-order valence-electron chi connectivity index (χ4n) is 1.14. The fourth-order valence-corrected chi connectivity index (χ4v) is 1.14. The summed E-state index contributed by atoms with van der Waals surface area (Å²) in [6.45, 7) is 0. The van der Waals surface area contributed by atoms with Crippen molar-refractivity contribution in [2.45, 2.75) is 18.9 Å². The zero-order valence-electron chi connectivity index (χ0n) is 8.12. The standard InChI is InChI=1S/C9H8N2O5/c12-9(13)7-3-6(16-5-1-2-5)4-8(10-7)11(14)15/h3-5H,1-2H2,(H,12,13). The van der Waals surface area contributed by atoms with E-state index < -0.39 is 16.7 Å². The smallest absolute Gasteiger partial charge is 0.380 e. The first-order valence-electron chi connectivity index (χ1n) is 4.62. The maximum atomic E-state index is 10.7. The van der Waals surface area contributed by atoms with Crippen LogP contribution in [0.4, 0.5) is 5.82 Å². The quantitative estimate of drug-likeness (QED) is 0.609. The first-order valence-corrected chi connectivity index (χ1v) is 4.62.